The number of carbonyl (C=O) groups excluding carboxylic acids is 1. The molecule has 24 heavy (non-hydrogen) atoms. The van der Waals surface area contributed by atoms with Gasteiger partial charge in [0.05, 0.1) is 16.6 Å². The zero-order valence-electron chi connectivity index (χ0n) is 12.3. The predicted molar refractivity (Wildman–Crippen MR) is 80.3 cm³/mol. The van der Waals surface area contributed by atoms with Crippen molar-refractivity contribution in [3.63, 3.8) is 0 Å². The zero-order valence-corrected chi connectivity index (χ0v) is 13.1. The molecule has 2 rings (SSSR count). The average Bonchev–Trinajstić information content (AvgIpc) is 2.50. The zero-order chi connectivity index (χ0) is 17.9. The van der Waals surface area contributed by atoms with Crippen LogP contribution in [0.25, 0.3) is 0 Å². The van der Waals surface area contributed by atoms with E-state index in [1.165, 1.54) is 24.3 Å². The van der Waals surface area contributed by atoms with Crippen molar-refractivity contribution in [3.05, 3.63) is 64.2 Å². The van der Waals surface area contributed by atoms with E-state index < -0.39 is 30.2 Å². The van der Waals surface area contributed by atoms with Crippen molar-refractivity contribution in [2.45, 2.75) is 19.6 Å². The number of hydrogen-bond donors (Lipinski definition) is 1. The Bertz CT molecular complexity index is 738. The van der Waals surface area contributed by atoms with Crippen molar-refractivity contribution in [2.75, 3.05) is 0 Å². The number of amides is 1. The van der Waals surface area contributed by atoms with Crippen LogP contribution in [0.3, 0.4) is 0 Å². The van der Waals surface area contributed by atoms with Gasteiger partial charge < -0.3 is 10.1 Å². The van der Waals surface area contributed by atoms with Crippen LogP contribution in [0.2, 0.25) is 5.02 Å². The maximum Gasteiger partial charge on any atom is 0.387 e. The molecule has 0 aliphatic heterocycles. The van der Waals surface area contributed by atoms with Crippen molar-refractivity contribution in [3.8, 4) is 5.75 Å². The van der Waals surface area contributed by atoms with Crippen LogP contribution in [-0.2, 0) is 0 Å². The second kappa shape index (κ2) is 7.53. The first kappa shape index (κ1) is 18.1. The van der Waals surface area contributed by atoms with E-state index in [1.54, 1.807) is 6.92 Å². The number of ether oxygens (including phenoxy) is 1. The normalized spacial score (nSPS) is 12.1. The van der Waals surface area contributed by atoms with Crippen LogP contribution in [0.1, 0.15) is 28.9 Å². The van der Waals surface area contributed by atoms with Crippen LogP contribution in [0, 0.1) is 11.6 Å². The standard InChI is InChI=1S/C16H12ClF4NO2/c1-8(9-2-4-10(5-3-9)24-16(20)21)22-15(23)11-6-13(18)14(19)7-12(11)17/h2-8,16H,1H3,(H,22,23). The van der Waals surface area contributed by atoms with E-state index in [2.05, 4.69) is 10.1 Å². The first-order valence-corrected chi connectivity index (χ1v) is 7.16. The molecule has 2 aromatic rings. The lowest BCUT2D eigenvalue weighted by atomic mass is 10.1. The Morgan fingerprint density at radius 2 is 1.71 bits per heavy atom. The van der Waals surface area contributed by atoms with E-state index in [1.807, 2.05) is 0 Å². The number of hydrogen-bond acceptors (Lipinski definition) is 2. The molecule has 1 N–H and O–H groups in total. The highest BCUT2D eigenvalue weighted by Gasteiger charge is 2.17. The van der Waals surface area contributed by atoms with Crippen LogP contribution in [0.4, 0.5) is 17.6 Å². The average molecular weight is 362 g/mol. The Balaban J connectivity index is 2.10. The first-order chi connectivity index (χ1) is 11.3. The number of benzene rings is 2. The van der Waals surface area contributed by atoms with Crippen molar-refractivity contribution in [1.82, 2.24) is 5.32 Å². The molecule has 1 amide bonds. The van der Waals surface area contributed by atoms with Crippen LogP contribution < -0.4 is 10.1 Å². The van der Waals surface area contributed by atoms with Gasteiger partial charge in [-0.2, -0.15) is 8.78 Å². The number of nitrogens with one attached hydrogen (secondary N) is 1. The fourth-order valence-corrected chi connectivity index (χ4v) is 2.23. The number of alkyl halides is 2. The molecule has 1 atom stereocenters. The quantitative estimate of drug-likeness (QED) is 0.618. The van der Waals surface area contributed by atoms with Crippen molar-refractivity contribution < 1.29 is 27.1 Å². The molecule has 0 radical (unpaired) electrons. The third-order valence-electron chi connectivity index (χ3n) is 3.21. The minimum absolute atomic E-state index is 0.0177. The Morgan fingerprint density at radius 3 is 2.29 bits per heavy atom. The molecule has 8 heteroatoms. The lowest BCUT2D eigenvalue weighted by Gasteiger charge is -2.15. The topological polar surface area (TPSA) is 38.3 Å². The molecule has 3 nitrogen and oxygen atoms in total. The maximum atomic E-state index is 13.2. The summed E-state index contributed by atoms with van der Waals surface area (Å²) in [6.07, 6.45) is 0. The molecule has 0 aromatic heterocycles. The summed E-state index contributed by atoms with van der Waals surface area (Å²) in [5, 5.41) is 2.34. The lowest BCUT2D eigenvalue weighted by Crippen LogP contribution is -2.27. The van der Waals surface area contributed by atoms with Crippen LogP contribution >= 0.6 is 11.6 Å². The van der Waals surface area contributed by atoms with E-state index in [-0.39, 0.29) is 16.3 Å². The molecule has 0 aliphatic carbocycles. The highest BCUT2D eigenvalue weighted by atomic mass is 35.5. The van der Waals surface area contributed by atoms with E-state index in [4.69, 9.17) is 11.6 Å². The van der Waals surface area contributed by atoms with Gasteiger partial charge in [-0.25, -0.2) is 8.78 Å². The third kappa shape index (κ3) is 4.38. The van der Waals surface area contributed by atoms with Crippen molar-refractivity contribution >= 4 is 17.5 Å². The molecule has 128 valence electrons. The largest absolute Gasteiger partial charge is 0.435 e. The Labute approximate surface area is 140 Å². The van der Waals surface area contributed by atoms with Crippen LogP contribution in [-0.4, -0.2) is 12.5 Å². The number of carbonyl (C=O) groups is 1. The summed E-state index contributed by atoms with van der Waals surface area (Å²) in [5.74, 6) is -3.06. The maximum absolute atomic E-state index is 13.2. The van der Waals surface area contributed by atoms with Gasteiger partial charge in [0, 0.05) is 0 Å². The highest BCUT2D eigenvalue weighted by molar-refractivity contribution is 6.33. The molecule has 0 saturated carbocycles. The summed E-state index contributed by atoms with van der Waals surface area (Å²) in [6.45, 7) is -1.29. The second-order valence-corrected chi connectivity index (χ2v) is 5.30. The molecule has 0 bridgehead atoms. The van der Waals surface area contributed by atoms with Gasteiger partial charge in [-0.3, -0.25) is 4.79 Å². The van der Waals surface area contributed by atoms with E-state index in [9.17, 15) is 22.4 Å². The molecule has 0 fully saturated rings. The molecule has 0 saturated heterocycles. The minimum Gasteiger partial charge on any atom is -0.435 e. The number of halogens is 5. The summed E-state index contributed by atoms with van der Waals surface area (Å²) >= 11 is 5.74. The molecule has 0 aliphatic rings. The van der Waals surface area contributed by atoms with Gasteiger partial charge >= 0.3 is 6.61 Å². The first-order valence-electron chi connectivity index (χ1n) is 6.78. The number of rotatable bonds is 5. The Morgan fingerprint density at radius 1 is 1.12 bits per heavy atom. The van der Waals surface area contributed by atoms with Gasteiger partial charge in [0.25, 0.3) is 5.91 Å². The Kier molecular flexibility index (Phi) is 5.66. The summed E-state index contributed by atoms with van der Waals surface area (Å²) in [7, 11) is 0. The third-order valence-corrected chi connectivity index (χ3v) is 3.52. The summed E-state index contributed by atoms with van der Waals surface area (Å²) in [5.41, 5.74) is 0.392. The summed E-state index contributed by atoms with van der Waals surface area (Å²) in [6, 6.07) is 6.54. The van der Waals surface area contributed by atoms with E-state index in [0.29, 0.717) is 17.7 Å². The summed E-state index contributed by atoms with van der Waals surface area (Å²) < 4.78 is 54.7. The van der Waals surface area contributed by atoms with Gasteiger partial charge in [-0.1, -0.05) is 23.7 Å². The Hall–Kier alpha value is -2.28. The fourth-order valence-electron chi connectivity index (χ4n) is 1.99. The van der Waals surface area contributed by atoms with Gasteiger partial charge in [-0.05, 0) is 36.8 Å². The monoisotopic (exact) mass is 361 g/mol. The summed E-state index contributed by atoms with van der Waals surface area (Å²) in [4.78, 5) is 12.1. The van der Waals surface area contributed by atoms with Crippen LogP contribution in [0.5, 0.6) is 5.75 Å². The molecular weight excluding hydrogens is 350 g/mol. The predicted octanol–water partition coefficient (Wildman–Crippen LogP) is 4.71. The van der Waals surface area contributed by atoms with Gasteiger partial charge in [0.15, 0.2) is 11.6 Å². The van der Waals surface area contributed by atoms with Crippen molar-refractivity contribution in [2.24, 2.45) is 0 Å². The van der Waals surface area contributed by atoms with Crippen molar-refractivity contribution in [1.29, 1.82) is 0 Å². The van der Waals surface area contributed by atoms with E-state index >= 15 is 0 Å². The molecule has 0 spiro atoms. The van der Waals surface area contributed by atoms with E-state index in [0.717, 1.165) is 0 Å². The fraction of sp³-hybridized carbons (Fsp3) is 0.188. The highest BCUT2D eigenvalue weighted by Crippen LogP contribution is 2.22. The van der Waals surface area contributed by atoms with Gasteiger partial charge in [-0.15, -0.1) is 0 Å². The molecular formula is C16H12ClF4NO2. The van der Waals surface area contributed by atoms with Gasteiger partial charge in [0.2, 0.25) is 0 Å². The molecule has 2 aromatic carbocycles. The van der Waals surface area contributed by atoms with Gasteiger partial charge in [0.1, 0.15) is 5.75 Å². The molecule has 0 heterocycles. The lowest BCUT2D eigenvalue weighted by molar-refractivity contribution is -0.0498. The smallest absolute Gasteiger partial charge is 0.387 e. The SMILES string of the molecule is CC(NC(=O)c1cc(F)c(F)cc1Cl)c1ccc(OC(F)F)cc1. The second-order valence-electron chi connectivity index (χ2n) is 4.89. The molecule has 1 unspecified atom stereocenters. The minimum atomic E-state index is -2.93. The van der Waals surface area contributed by atoms with Crippen LogP contribution in [0.15, 0.2) is 36.4 Å².